The molecule has 0 bridgehead atoms. The van der Waals surface area contributed by atoms with Crippen molar-refractivity contribution in [3.8, 4) is 0 Å². The fraction of sp³-hybridized carbons (Fsp3) is 0.259. The third kappa shape index (κ3) is 7.40. The first kappa shape index (κ1) is 30.2. The smallest absolute Gasteiger partial charge is 0.264 e. The summed E-state index contributed by atoms with van der Waals surface area (Å²) in [6.45, 7) is 3.34. The van der Waals surface area contributed by atoms with Gasteiger partial charge in [-0.15, -0.1) is 0 Å². The largest absolute Gasteiger partial charge is 0.354 e. The van der Waals surface area contributed by atoms with Crippen LogP contribution in [0.4, 0.5) is 5.69 Å². The Morgan fingerprint density at radius 3 is 2.13 bits per heavy atom. The molecule has 0 aliphatic heterocycles. The SMILES string of the molecule is CCCNC(=O)[C@H](C)N(Cc1c(Cl)cccc1Cl)C(=O)CN(c1ccc(I)cc1)S(=O)(=O)c1ccccc1. The molecule has 0 fully saturated rings. The van der Waals surface area contributed by atoms with Crippen molar-refractivity contribution in [2.24, 2.45) is 0 Å². The fourth-order valence-electron chi connectivity index (χ4n) is 3.69. The number of hydrogen-bond acceptors (Lipinski definition) is 4. The zero-order valence-corrected chi connectivity index (χ0v) is 25.4. The molecule has 0 heterocycles. The molecule has 0 unspecified atom stereocenters. The minimum absolute atomic E-state index is 0.0424. The zero-order chi connectivity index (χ0) is 27.9. The number of rotatable bonds is 11. The van der Waals surface area contributed by atoms with E-state index in [0.29, 0.717) is 27.8 Å². The normalized spacial score (nSPS) is 12.0. The number of sulfonamides is 1. The van der Waals surface area contributed by atoms with Gasteiger partial charge in [-0.2, -0.15) is 0 Å². The van der Waals surface area contributed by atoms with Crippen molar-refractivity contribution < 1.29 is 18.0 Å². The molecular weight excluding hydrogens is 660 g/mol. The zero-order valence-electron chi connectivity index (χ0n) is 20.9. The standard InChI is InChI=1S/C27H28Cl2IN3O4S/c1-3-16-31-27(35)19(2)32(17-23-24(28)10-7-11-25(23)29)26(34)18-33(21-14-12-20(30)13-15-21)38(36,37)22-8-5-4-6-9-22/h4-15,19H,3,16-18H2,1-2H3,(H,31,35)/t19-/m0/s1. The minimum Gasteiger partial charge on any atom is -0.354 e. The van der Waals surface area contributed by atoms with Crippen LogP contribution in [0.25, 0.3) is 0 Å². The van der Waals surface area contributed by atoms with E-state index in [-0.39, 0.29) is 17.3 Å². The van der Waals surface area contributed by atoms with Crippen molar-refractivity contribution in [3.63, 3.8) is 0 Å². The van der Waals surface area contributed by atoms with Crippen molar-refractivity contribution in [3.05, 3.63) is 92.0 Å². The molecule has 11 heteroatoms. The number of nitrogens with one attached hydrogen (secondary N) is 1. The summed E-state index contributed by atoms with van der Waals surface area (Å²) in [5.41, 5.74) is 0.785. The van der Waals surface area contributed by atoms with Gasteiger partial charge < -0.3 is 10.2 Å². The molecule has 0 aliphatic rings. The van der Waals surface area contributed by atoms with Gasteiger partial charge in [-0.1, -0.05) is 54.4 Å². The van der Waals surface area contributed by atoms with Crippen LogP contribution in [0.2, 0.25) is 10.0 Å². The van der Waals surface area contributed by atoms with Crippen LogP contribution in [0.3, 0.4) is 0 Å². The van der Waals surface area contributed by atoms with E-state index >= 15 is 0 Å². The van der Waals surface area contributed by atoms with Crippen LogP contribution in [0.1, 0.15) is 25.8 Å². The monoisotopic (exact) mass is 687 g/mol. The molecular formula is C27H28Cl2IN3O4S. The second-order valence-corrected chi connectivity index (χ2v) is 12.4. The van der Waals surface area contributed by atoms with Gasteiger partial charge in [-0.05, 0) is 84.5 Å². The van der Waals surface area contributed by atoms with E-state index in [2.05, 4.69) is 27.9 Å². The molecule has 3 rings (SSSR count). The van der Waals surface area contributed by atoms with Gasteiger partial charge in [0.2, 0.25) is 11.8 Å². The number of benzene rings is 3. The summed E-state index contributed by atoms with van der Waals surface area (Å²) in [6, 6.07) is 18.8. The molecule has 1 N–H and O–H groups in total. The van der Waals surface area contributed by atoms with Gasteiger partial charge in [-0.25, -0.2) is 8.42 Å². The number of hydrogen-bond donors (Lipinski definition) is 1. The van der Waals surface area contributed by atoms with Gasteiger partial charge in [0.05, 0.1) is 10.6 Å². The Labute approximate surface area is 247 Å². The van der Waals surface area contributed by atoms with Gasteiger partial charge in [0.1, 0.15) is 12.6 Å². The highest BCUT2D eigenvalue weighted by molar-refractivity contribution is 14.1. The Bertz CT molecular complexity index is 1350. The molecule has 0 aliphatic carbocycles. The number of amides is 2. The van der Waals surface area contributed by atoms with Gasteiger partial charge in [0.25, 0.3) is 10.0 Å². The molecule has 2 amide bonds. The maximum atomic E-state index is 13.9. The Hall–Kier alpha value is -2.34. The van der Waals surface area contributed by atoms with Crippen LogP contribution in [0.5, 0.6) is 0 Å². The lowest BCUT2D eigenvalue weighted by molar-refractivity contribution is -0.139. The third-order valence-electron chi connectivity index (χ3n) is 5.83. The summed E-state index contributed by atoms with van der Waals surface area (Å²) in [6.07, 6.45) is 0.721. The summed E-state index contributed by atoms with van der Waals surface area (Å²) < 4.78 is 29.4. The van der Waals surface area contributed by atoms with Crippen molar-refractivity contribution >= 4 is 73.3 Å². The average Bonchev–Trinajstić information content (AvgIpc) is 2.90. The lowest BCUT2D eigenvalue weighted by Gasteiger charge is -2.32. The van der Waals surface area contributed by atoms with Crippen LogP contribution in [0, 0.1) is 3.57 Å². The minimum atomic E-state index is -4.11. The summed E-state index contributed by atoms with van der Waals surface area (Å²) in [4.78, 5) is 28.1. The van der Waals surface area contributed by atoms with Crippen LogP contribution in [0.15, 0.2) is 77.7 Å². The fourth-order valence-corrected chi connectivity index (χ4v) is 6.00. The summed E-state index contributed by atoms with van der Waals surface area (Å²) in [5.74, 6) is -0.951. The van der Waals surface area contributed by atoms with E-state index in [4.69, 9.17) is 23.2 Å². The van der Waals surface area contributed by atoms with Crippen molar-refractivity contribution in [2.75, 3.05) is 17.4 Å². The van der Waals surface area contributed by atoms with Crippen LogP contribution in [-0.4, -0.2) is 44.3 Å². The molecule has 0 radical (unpaired) electrons. The molecule has 0 spiro atoms. The third-order valence-corrected chi connectivity index (χ3v) is 9.05. The van der Waals surface area contributed by atoms with Crippen LogP contribution in [-0.2, 0) is 26.2 Å². The van der Waals surface area contributed by atoms with Gasteiger partial charge in [-0.3, -0.25) is 13.9 Å². The summed E-state index contributed by atoms with van der Waals surface area (Å²) >= 11 is 14.9. The maximum Gasteiger partial charge on any atom is 0.264 e. The predicted octanol–water partition coefficient (Wildman–Crippen LogP) is 5.74. The topological polar surface area (TPSA) is 86.8 Å². The van der Waals surface area contributed by atoms with E-state index in [1.807, 2.05) is 6.92 Å². The number of nitrogens with zero attached hydrogens (tertiary/aromatic N) is 2. The van der Waals surface area contributed by atoms with Gasteiger partial charge in [0, 0.05) is 32.3 Å². The quantitative estimate of drug-likeness (QED) is 0.261. The molecule has 0 aromatic heterocycles. The molecule has 1 atom stereocenters. The maximum absolute atomic E-state index is 13.9. The highest BCUT2D eigenvalue weighted by atomic mass is 127. The first-order valence-corrected chi connectivity index (χ1v) is 15.2. The molecule has 38 heavy (non-hydrogen) atoms. The van der Waals surface area contributed by atoms with Crippen molar-refractivity contribution in [2.45, 2.75) is 37.8 Å². The van der Waals surface area contributed by atoms with E-state index in [9.17, 15) is 18.0 Å². The molecule has 0 saturated carbocycles. The molecule has 0 saturated heterocycles. The number of carbonyl (C=O) groups excluding carboxylic acids is 2. The van der Waals surface area contributed by atoms with Crippen LogP contribution < -0.4 is 9.62 Å². The van der Waals surface area contributed by atoms with Crippen molar-refractivity contribution in [1.82, 2.24) is 10.2 Å². The van der Waals surface area contributed by atoms with E-state index in [1.54, 1.807) is 67.6 Å². The Kier molecular flexibility index (Phi) is 10.8. The average molecular weight is 688 g/mol. The van der Waals surface area contributed by atoms with E-state index in [1.165, 1.54) is 17.0 Å². The van der Waals surface area contributed by atoms with E-state index < -0.39 is 28.5 Å². The van der Waals surface area contributed by atoms with E-state index in [0.717, 1.165) is 14.3 Å². The Morgan fingerprint density at radius 2 is 1.55 bits per heavy atom. The highest BCUT2D eigenvalue weighted by Crippen LogP contribution is 2.28. The van der Waals surface area contributed by atoms with Gasteiger partial charge in [0.15, 0.2) is 0 Å². The Balaban J connectivity index is 2.04. The highest BCUT2D eigenvalue weighted by Gasteiger charge is 2.33. The lowest BCUT2D eigenvalue weighted by Crippen LogP contribution is -2.51. The first-order valence-electron chi connectivity index (χ1n) is 11.9. The summed E-state index contributed by atoms with van der Waals surface area (Å²) in [5, 5.41) is 3.47. The molecule has 202 valence electrons. The Morgan fingerprint density at radius 1 is 0.947 bits per heavy atom. The molecule has 3 aromatic rings. The molecule has 3 aromatic carbocycles. The predicted molar refractivity (Wildman–Crippen MR) is 160 cm³/mol. The second-order valence-electron chi connectivity index (χ2n) is 8.49. The first-order chi connectivity index (χ1) is 18.1. The molecule has 7 nitrogen and oxygen atoms in total. The summed E-state index contributed by atoms with van der Waals surface area (Å²) in [7, 11) is -4.11. The number of carbonyl (C=O) groups is 2. The van der Waals surface area contributed by atoms with Crippen molar-refractivity contribution in [1.29, 1.82) is 0 Å². The van der Waals surface area contributed by atoms with Crippen LogP contribution >= 0.6 is 45.8 Å². The second kappa shape index (κ2) is 13.6. The number of anilines is 1. The lowest BCUT2D eigenvalue weighted by atomic mass is 10.1. The van der Waals surface area contributed by atoms with Gasteiger partial charge >= 0.3 is 0 Å². The number of halogens is 3.